The van der Waals surface area contributed by atoms with Crippen LogP contribution in [-0.4, -0.2) is 51.5 Å². The molecule has 1 rings (SSSR count). The minimum atomic E-state index is 0.0449. The minimum absolute atomic E-state index is 0.0449. The van der Waals surface area contributed by atoms with E-state index in [0.717, 1.165) is 31.7 Å². The number of carbonyl (C=O) groups is 1. The summed E-state index contributed by atoms with van der Waals surface area (Å²) in [6, 6.07) is 5.78. The van der Waals surface area contributed by atoms with Crippen molar-refractivity contribution in [1.82, 2.24) is 4.90 Å². The number of methoxy groups -OCH3 is 1. The van der Waals surface area contributed by atoms with Gasteiger partial charge in [-0.3, -0.25) is 4.79 Å². The second-order valence-corrected chi connectivity index (χ2v) is 5.15. The fourth-order valence-corrected chi connectivity index (χ4v) is 2.33. The SMILES string of the molecule is CCN(CCCN(C)C)c1cccc(OC)c1C(C)=O. The molecule has 0 aliphatic carbocycles. The number of benzene rings is 1. The lowest BCUT2D eigenvalue weighted by atomic mass is 10.1. The summed E-state index contributed by atoms with van der Waals surface area (Å²) in [5, 5.41) is 0. The largest absolute Gasteiger partial charge is 0.496 e. The predicted molar refractivity (Wildman–Crippen MR) is 84.1 cm³/mol. The van der Waals surface area contributed by atoms with Gasteiger partial charge >= 0.3 is 0 Å². The quantitative estimate of drug-likeness (QED) is 0.684. The normalized spacial score (nSPS) is 10.7. The standard InChI is InChI=1S/C16H26N2O2/c1-6-18(12-8-11-17(3)4)14-9-7-10-15(20-5)16(14)13(2)19/h7,9-10H,6,8,11-12H2,1-5H3. The van der Waals surface area contributed by atoms with Crippen LogP contribution in [0.15, 0.2) is 18.2 Å². The van der Waals surface area contributed by atoms with E-state index in [2.05, 4.69) is 30.8 Å². The number of ketones is 1. The van der Waals surface area contributed by atoms with Crippen molar-refractivity contribution in [2.24, 2.45) is 0 Å². The van der Waals surface area contributed by atoms with Crippen LogP contribution in [0.5, 0.6) is 5.75 Å². The first kappa shape index (κ1) is 16.5. The summed E-state index contributed by atoms with van der Waals surface area (Å²) in [7, 11) is 5.75. The lowest BCUT2D eigenvalue weighted by molar-refractivity contribution is 0.101. The lowest BCUT2D eigenvalue weighted by Crippen LogP contribution is -2.28. The zero-order valence-corrected chi connectivity index (χ0v) is 13.3. The van der Waals surface area contributed by atoms with E-state index in [4.69, 9.17) is 4.74 Å². The maximum absolute atomic E-state index is 11.9. The fourth-order valence-electron chi connectivity index (χ4n) is 2.33. The van der Waals surface area contributed by atoms with Crippen LogP contribution in [0.4, 0.5) is 5.69 Å². The number of hydrogen-bond acceptors (Lipinski definition) is 4. The molecule has 0 amide bonds. The van der Waals surface area contributed by atoms with Gasteiger partial charge in [0, 0.05) is 13.1 Å². The summed E-state index contributed by atoms with van der Waals surface area (Å²) in [6.45, 7) is 6.55. The molecule has 4 nitrogen and oxygen atoms in total. The smallest absolute Gasteiger partial charge is 0.165 e. The van der Waals surface area contributed by atoms with Gasteiger partial charge in [0.1, 0.15) is 5.75 Å². The summed E-state index contributed by atoms with van der Waals surface area (Å²) in [4.78, 5) is 16.3. The minimum Gasteiger partial charge on any atom is -0.496 e. The van der Waals surface area contributed by atoms with Gasteiger partial charge in [0.05, 0.1) is 18.4 Å². The Kier molecular flexibility index (Phi) is 6.52. The van der Waals surface area contributed by atoms with Crippen LogP contribution in [0.25, 0.3) is 0 Å². The molecule has 0 N–H and O–H groups in total. The van der Waals surface area contributed by atoms with Gasteiger partial charge in [-0.1, -0.05) is 6.07 Å². The number of hydrogen-bond donors (Lipinski definition) is 0. The highest BCUT2D eigenvalue weighted by molar-refractivity contribution is 6.02. The third-order valence-electron chi connectivity index (χ3n) is 3.33. The Balaban J connectivity index is 2.99. The van der Waals surface area contributed by atoms with E-state index in [1.54, 1.807) is 14.0 Å². The molecular weight excluding hydrogens is 252 g/mol. The molecule has 0 spiro atoms. The second-order valence-electron chi connectivity index (χ2n) is 5.15. The summed E-state index contributed by atoms with van der Waals surface area (Å²) < 4.78 is 5.33. The van der Waals surface area contributed by atoms with Crippen LogP contribution in [0.1, 0.15) is 30.6 Å². The molecule has 1 aromatic rings. The molecule has 0 saturated carbocycles. The molecule has 0 fully saturated rings. The summed E-state index contributed by atoms with van der Waals surface area (Å²) >= 11 is 0. The second kappa shape index (κ2) is 7.90. The monoisotopic (exact) mass is 278 g/mol. The Morgan fingerprint density at radius 2 is 1.95 bits per heavy atom. The van der Waals surface area contributed by atoms with Gasteiger partial charge in [-0.15, -0.1) is 0 Å². The molecule has 112 valence electrons. The molecule has 0 aliphatic rings. The topological polar surface area (TPSA) is 32.8 Å². The van der Waals surface area contributed by atoms with Crippen molar-refractivity contribution < 1.29 is 9.53 Å². The zero-order chi connectivity index (χ0) is 15.1. The van der Waals surface area contributed by atoms with Gasteiger partial charge in [0.2, 0.25) is 0 Å². The first-order valence-corrected chi connectivity index (χ1v) is 7.08. The van der Waals surface area contributed by atoms with Crippen LogP contribution in [0.2, 0.25) is 0 Å². The highest BCUT2D eigenvalue weighted by atomic mass is 16.5. The Bertz CT molecular complexity index is 444. The fraction of sp³-hybridized carbons (Fsp3) is 0.562. The molecule has 4 heteroatoms. The summed E-state index contributed by atoms with van der Waals surface area (Å²) in [5.74, 6) is 0.699. The van der Waals surface area contributed by atoms with Gasteiger partial charge < -0.3 is 14.5 Å². The van der Waals surface area contributed by atoms with Crippen LogP contribution in [0.3, 0.4) is 0 Å². The van der Waals surface area contributed by atoms with Crippen molar-refractivity contribution >= 4 is 11.5 Å². The molecule has 0 heterocycles. The Morgan fingerprint density at radius 3 is 2.45 bits per heavy atom. The highest BCUT2D eigenvalue weighted by Gasteiger charge is 2.17. The molecular formula is C16H26N2O2. The number of rotatable bonds is 8. The van der Waals surface area contributed by atoms with E-state index in [0.29, 0.717) is 11.3 Å². The maximum atomic E-state index is 11.9. The van der Waals surface area contributed by atoms with E-state index in [1.807, 2.05) is 18.2 Å². The zero-order valence-electron chi connectivity index (χ0n) is 13.3. The van der Waals surface area contributed by atoms with E-state index < -0.39 is 0 Å². The van der Waals surface area contributed by atoms with Gasteiger partial charge in [-0.05, 0) is 53.0 Å². The van der Waals surface area contributed by atoms with Crippen molar-refractivity contribution in [3.05, 3.63) is 23.8 Å². The van der Waals surface area contributed by atoms with Crippen molar-refractivity contribution in [2.45, 2.75) is 20.3 Å². The first-order valence-electron chi connectivity index (χ1n) is 7.08. The van der Waals surface area contributed by atoms with Crippen LogP contribution in [0, 0.1) is 0 Å². The molecule has 0 saturated heterocycles. The van der Waals surface area contributed by atoms with E-state index in [9.17, 15) is 4.79 Å². The Morgan fingerprint density at radius 1 is 1.25 bits per heavy atom. The summed E-state index contributed by atoms with van der Waals surface area (Å²) in [5.41, 5.74) is 1.65. The third-order valence-corrected chi connectivity index (χ3v) is 3.33. The van der Waals surface area contributed by atoms with E-state index in [-0.39, 0.29) is 5.78 Å². The molecule has 0 aliphatic heterocycles. The van der Waals surface area contributed by atoms with Crippen molar-refractivity contribution in [1.29, 1.82) is 0 Å². The Hall–Kier alpha value is -1.55. The number of anilines is 1. The van der Waals surface area contributed by atoms with E-state index >= 15 is 0 Å². The van der Waals surface area contributed by atoms with Crippen LogP contribution in [-0.2, 0) is 0 Å². The molecule has 0 atom stereocenters. The van der Waals surface area contributed by atoms with Gasteiger partial charge in [0.25, 0.3) is 0 Å². The van der Waals surface area contributed by atoms with Gasteiger partial charge in [-0.2, -0.15) is 0 Å². The molecule has 0 bridgehead atoms. The van der Waals surface area contributed by atoms with Crippen molar-refractivity contribution in [3.63, 3.8) is 0 Å². The average molecular weight is 278 g/mol. The van der Waals surface area contributed by atoms with E-state index in [1.165, 1.54) is 0 Å². The molecule has 1 aromatic carbocycles. The maximum Gasteiger partial charge on any atom is 0.165 e. The number of Topliss-reactive ketones (excluding diaryl/α,β-unsaturated/α-hetero) is 1. The van der Waals surface area contributed by atoms with Crippen LogP contribution >= 0.6 is 0 Å². The first-order chi connectivity index (χ1) is 9.51. The highest BCUT2D eigenvalue weighted by Crippen LogP contribution is 2.29. The van der Waals surface area contributed by atoms with Crippen LogP contribution < -0.4 is 9.64 Å². The number of carbonyl (C=O) groups excluding carboxylic acids is 1. The third kappa shape index (κ3) is 4.23. The molecule has 0 aromatic heterocycles. The van der Waals surface area contributed by atoms with Gasteiger partial charge in [-0.25, -0.2) is 0 Å². The van der Waals surface area contributed by atoms with Crippen molar-refractivity contribution in [3.8, 4) is 5.75 Å². The average Bonchev–Trinajstić information content (AvgIpc) is 2.42. The number of ether oxygens (including phenoxy) is 1. The van der Waals surface area contributed by atoms with Gasteiger partial charge in [0.15, 0.2) is 5.78 Å². The molecule has 20 heavy (non-hydrogen) atoms. The predicted octanol–water partition coefficient (Wildman–Crippen LogP) is 2.68. The molecule has 0 unspecified atom stereocenters. The lowest BCUT2D eigenvalue weighted by Gasteiger charge is -2.26. The molecule has 0 radical (unpaired) electrons. The summed E-state index contributed by atoms with van der Waals surface area (Å²) in [6.07, 6.45) is 1.06. The number of nitrogens with zero attached hydrogens (tertiary/aromatic N) is 2. The Labute approximate surface area is 122 Å². The van der Waals surface area contributed by atoms with Crippen molar-refractivity contribution in [2.75, 3.05) is 45.7 Å².